The SMILES string of the molecule is CC(C)(C)OC(=O)NCC[S+]([O-])Cc1c(S)sc2ccsc2c1=O.[NaH]. The van der Waals surface area contributed by atoms with Gasteiger partial charge in [-0.15, -0.1) is 35.3 Å². The maximum absolute atomic E-state index is 12.4. The van der Waals surface area contributed by atoms with Gasteiger partial charge in [-0.05, 0) is 43.4 Å². The molecule has 1 atom stereocenters. The first-order valence-corrected chi connectivity index (χ1v) is 10.8. The van der Waals surface area contributed by atoms with Crippen LogP contribution in [-0.2, 0) is 21.7 Å². The molecule has 0 fully saturated rings. The Morgan fingerprint density at radius 1 is 1.44 bits per heavy atom. The molecule has 0 radical (unpaired) electrons. The van der Waals surface area contributed by atoms with Gasteiger partial charge in [0.2, 0.25) is 5.43 Å². The van der Waals surface area contributed by atoms with Crippen molar-refractivity contribution in [1.29, 1.82) is 0 Å². The van der Waals surface area contributed by atoms with Crippen molar-refractivity contribution in [2.75, 3.05) is 12.3 Å². The number of thiophene rings is 1. The average molecular weight is 430 g/mol. The van der Waals surface area contributed by atoms with E-state index in [1.807, 2.05) is 11.4 Å². The van der Waals surface area contributed by atoms with E-state index in [0.29, 0.717) is 14.5 Å². The van der Waals surface area contributed by atoms with Crippen LogP contribution in [0.2, 0.25) is 0 Å². The predicted octanol–water partition coefficient (Wildman–Crippen LogP) is 2.74. The van der Waals surface area contributed by atoms with Crippen LogP contribution in [0.1, 0.15) is 26.3 Å². The van der Waals surface area contributed by atoms with Crippen molar-refractivity contribution < 1.29 is 14.1 Å². The van der Waals surface area contributed by atoms with Crippen molar-refractivity contribution in [2.45, 2.75) is 36.3 Å². The number of rotatable bonds is 5. The molecule has 25 heavy (non-hydrogen) atoms. The van der Waals surface area contributed by atoms with Crippen LogP contribution in [0.25, 0.3) is 9.40 Å². The second-order valence-electron chi connectivity index (χ2n) is 6.05. The second-order valence-corrected chi connectivity index (χ2v) is 10.3. The van der Waals surface area contributed by atoms with Crippen LogP contribution in [0.5, 0.6) is 0 Å². The number of amides is 1. The normalized spacial score (nSPS) is 12.5. The molecule has 10 heteroatoms. The van der Waals surface area contributed by atoms with Gasteiger partial charge in [0, 0.05) is 0 Å². The summed E-state index contributed by atoms with van der Waals surface area (Å²) in [5.74, 6) is 0.386. The third-order valence-electron chi connectivity index (χ3n) is 2.88. The Balaban J connectivity index is 0.00000312. The Morgan fingerprint density at radius 3 is 2.76 bits per heavy atom. The molecule has 5 nitrogen and oxygen atoms in total. The van der Waals surface area contributed by atoms with Crippen molar-refractivity contribution >= 4 is 91.5 Å². The molecule has 0 spiro atoms. The minimum atomic E-state index is -1.27. The standard InChI is InChI=1S/C15H19NO4S4.Na.H/c1-15(2,3)20-14(18)16-5-7-24(19)8-9-11(17)12-10(4-6-22-12)23-13(9)21;;/h4,6,21H,5,7-8H2,1-3H3,(H,16,18);;. The molecule has 1 amide bonds. The first kappa shape index (κ1) is 23.3. The quantitative estimate of drug-likeness (QED) is 0.435. The molecule has 2 aromatic rings. The fourth-order valence-corrected chi connectivity index (χ4v) is 5.56. The molecule has 0 aliphatic carbocycles. The number of hydrogen-bond donors (Lipinski definition) is 2. The molecular weight excluding hydrogens is 409 g/mol. The van der Waals surface area contributed by atoms with Crippen LogP contribution >= 0.6 is 35.3 Å². The van der Waals surface area contributed by atoms with Crippen LogP contribution in [0.4, 0.5) is 4.79 Å². The Kier molecular flexibility index (Phi) is 9.30. The zero-order valence-corrected chi connectivity index (χ0v) is 16.9. The van der Waals surface area contributed by atoms with E-state index in [2.05, 4.69) is 17.9 Å². The summed E-state index contributed by atoms with van der Waals surface area (Å²) >= 11 is 5.89. The topological polar surface area (TPSA) is 78.5 Å². The number of ether oxygens (including phenoxy) is 1. The molecular formula is C15H20NNaO4S4. The van der Waals surface area contributed by atoms with Gasteiger partial charge in [0.15, 0.2) is 0 Å². The number of fused-ring (bicyclic) bond motifs is 1. The molecule has 0 aliphatic rings. The summed E-state index contributed by atoms with van der Waals surface area (Å²) in [6, 6.07) is 1.89. The molecule has 1 unspecified atom stereocenters. The van der Waals surface area contributed by atoms with Crippen molar-refractivity contribution in [3.8, 4) is 0 Å². The van der Waals surface area contributed by atoms with E-state index in [-0.39, 0.29) is 53.0 Å². The monoisotopic (exact) mass is 429 g/mol. The van der Waals surface area contributed by atoms with Crippen molar-refractivity contribution in [2.24, 2.45) is 0 Å². The fourth-order valence-electron chi connectivity index (χ4n) is 1.88. The van der Waals surface area contributed by atoms with Gasteiger partial charge in [-0.1, -0.05) is 0 Å². The fraction of sp³-hybridized carbons (Fsp3) is 0.467. The van der Waals surface area contributed by atoms with Gasteiger partial charge in [0.25, 0.3) is 0 Å². The Morgan fingerprint density at radius 2 is 2.12 bits per heavy atom. The van der Waals surface area contributed by atoms with Crippen LogP contribution in [-0.4, -0.2) is 58.1 Å². The Hall–Kier alpha value is 0.260. The van der Waals surface area contributed by atoms with E-state index in [9.17, 15) is 14.1 Å². The maximum atomic E-state index is 12.4. The van der Waals surface area contributed by atoms with E-state index >= 15 is 0 Å². The van der Waals surface area contributed by atoms with Gasteiger partial charge < -0.3 is 14.6 Å². The summed E-state index contributed by atoms with van der Waals surface area (Å²) < 4.78 is 19.5. The third kappa shape index (κ3) is 7.06. The number of carbonyl (C=O) groups excluding carboxylic acids is 1. The molecule has 0 aliphatic heterocycles. The first-order chi connectivity index (χ1) is 11.2. The van der Waals surface area contributed by atoms with Gasteiger partial charge in [0.05, 0.1) is 25.7 Å². The van der Waals surface area contributed by atoms with Crippen molar-refractivity contribution in [3.05, 3.63) is 27.2 Å². The van der Waals surface area contributed by atoms with E-state index in [4.69, 9.17) is 4.74 Å². The number of thiol groups is 1. The summed E-state index contributed by atoms with van der Waals surface area (Å²) in [5, 5.41) is 4.43. The molecule has 0 saturated heterocycles. The van der Waals surface area contributed by atoms with Gasteiger partial charge in [-0.2, -0.15) is 0 Å². The zero-order valence-electron chi connectivity index (χ0n) is 13.6. The van der Waals surface area contributed by atoms with Crippen LogP contribution < -0.4 is 10.7 Å². The van der Waals surface area contributed by atoms with E-state index in [1.54, 1.807) is 20.8 Å². The summed E-state index contributed by atoms with van der Waals surface area (Å²) in [6.45, 7) is 5.55. The van der Waals surface area contributed by atoms with Crippen LogP contribution in [0, 0.1) is 0 Å². The second kappa shape index (κ2) is 9.98. The van der Waals surface area contributed by atoms with E-state index in [1.165, 1.54) is 22.7 Å². The summed E-state index contributed by atoms with van der Waals surface area (Å²) in [6.07, 6.45) is -0.541. The zero-order chi connectivity index (χ0) is 17.9. The van der Waals surface area contributed by atoms with Crippen LogP contribution in [0.3, 0.4) is 0 Å². The van der Waals surface area contributed by atoms with Crippen molar-refractivity contribution in [3.63, 3.8) is 0 Å². The van der Waals surface area contributed by atoms with Crippen molar-refractivity contribution in [1.82, 2.24) is 5.32 Å². The molecule has 1 N–H and O–H groups in total. The van der Waals surface area contributed by atoms with Gasteiger partial charge in [-0.3, -0.25) is 4.79 Å². The number of carbonyl (C=O) groups is 1. The molecule has 0 aromatic carbocycles. The van der Waals surface area contributed by atoms with Gasteiger partial charge >= 0.3 is 35.7 Å². The van der Waals surface area contributed by atoms with Gasteiger partial charge in [0.1, 0.15) is 17.1 Å². The van der Waals surface area contributed by atoms with Crippen LogP contribution in [0.15, 0.2) is 20.5 Å². The molecule has 2 aromatic heterocycles. The molecule has 134 valence electrons. The number of nitrogens with one attached hydrogen (secondary N) is 1. The molecule has 2 heterocycles. The first-order valence-electron chi connectivity index (χ1n) is 7.21. The number of hydrogen-bond acceptors (Lipinski definition) is 7. The molecule has 2 rings (SSSR count). The molecule has 0 bridgehead atoms. The third-order valence-corrected chi connectivity index (χ3v) is 6.73. The van der Waals surface area contributed by atoms with E-state index < -0.39 is 22.9 Å². The summed E-state index contributed by atoms with van der Waals surface area (Å²) in [5.41, 5.74) is -0.190. The molecule has 0 saturated carbocycles. The number of alkyl carbamates (subject to hydrolysis) is 1. The summed E-state index contributed by atoms with van der Waals surface area (Å²) in [4.78, 5) is 24.0. The minimum absolute atomic E-state index is 0. The predicted molar refractivity (Wildman–Crippen MR) is 111 cm³/mol. The van der Waals surface area contributed by atoms with E-state index in [0.717, 1.165) is 4.70 Å². The average Bonchev–Trinajstić information content (AvgIpc) is 2.89. The Bertz CT molecular complexity index is 784. The summed E-state index contributed by atoms with van der Waals surface area (Å²) in [7, 11) is 0. The van der Waals surface area contributed by atoms with Gasteiger partial charge in [-0.25, -0.2) is 4.79 Å². The Labute approximate surface area is 185 Å².